The van der Waals surface area contributed by atoms with E-state index in [1.54, 1.807) is 16.9 Å². The monoisotopic (exact) mass is 295 g/mol. The van der Waals surface area contributed by atoms with Crippen molar-refractivity contribution in [3.63, 3.8) is 0 Å². The average molecular weight is 295 g/mol. The molecule has 1 aromatic heterocycles. The Kier molecular flexibility index (Phi) is 4.52. The molecule has 2 aromatic rings. The summed E-state index contributed by atoms with van der Waals surface area (Å²) in [4.78, 5) is 11.8. The fraction of sp³-hybridized carbons (Fsp3) is 0.286. The normalized spacial score (nSPS) is 10.7. The number of nitrogens with zero attached hydrogens (tertiary/aromatic N) is 2. The van der Waals surface area contributed by atoms with Crippen LogP contribution in [-0.4, -0.2) is 22.3 Å². The van der Waals surface area contributed by atoms with Gasteiger partial charge in [-0.2, -0.15) is 5.10 Å². The first-order valence-corrected chi connectivity index (χ1v) is 6.38. The number of hydrogen-bond acceptors (Lipinski definition) is 3. The molecule has 0 saturated heterocycles. The van der Waals surface area contributed by atoms with Gasteiger partial charge in [-0.05, 0) is 26.0 Å². The molecule has 0 fully saturated rings. The molecule has 0 aliphatic heterocycles. The molecule has 0 bridgehead atoms. The van der Waals surface area contributed by atoms with Gasteiger partial charge >= 0.3 is 0 Å². The summed E-state index contributed by atoms with van der Waals surface area (Å²) in [6.45, 7) is 3.41. The summed E-state index contributed by atoms with van der Waals surface area (Å²) in [5.74, 6) is -1.64. The van der Waals surface area contributed by atoms with Crippen LogP contribution in [0.25, 0.3) is 0 Å². The van der Waals surface area contributed by atoms with Gasteiger partial charge in [-0.1, -0.05) is 0 Å². The Morgan fingerprint density at radius 3 is 2.86 bits per heavy atom. The number of carbonyl (C=O) groups excluding carboxylic acids is 1. The smallest absolute Gasteiger partial charge is 0.263 e. The molecule has 21 heavy (non-hydrogen) atoms. The van der Waals surface area contributed by atoms with Crippen molar-refractivity contribution in [2.45, 2.75) is 19.9 Å². The van der Waals surface area contributed by atoms with E-state index in [0.29, 0.717) is 5.82 Å². The zero-order valence-electron chi connectivity index (χ0n) is 11.6. The van der Waals surface area contributed by atoms with Gasteiger partial charge in [0.1, 0.15) is 11.6 Å². The lowest BCUT2D eigenvalue weighted by Crippen LogP contribution is -2.22. The molecule has 1 amide bonds. The lowest BCUT2D eigenvalue weighted by molar-refractivity contribution is -0.118. The molecular weight excluding hydrogens is 280 g/mol. The van der Waals surface area contributed by atoms with E-state index >= 15 is 0 Å². The third kappa shape index (κ3) is 3.77. The maximum absolute atomic E-state index is 13.3. The number of carbonyl (C=O) groups is 1. The van der Waals surface area contributed by atoms with E-state index in [1.807, 2.05) is 13.8 Å². The lowest BCUT2D eigenvalue weighted by Gasteiger charge is -2.12. The van der Waals surface area contributed by atoms with Crippen molar-refractivity contribution in [2.75, 3.05) is 11.9 Å². The molecule has 112 valence electrons. The fourth-order valence-electron chi connectivity index (χ4n) is 1.73. The Bertz CT molecular complexity index is 641. The van der Waals surface area contributed by atoms with E-state index in [2.05, 4.69) is 10.4 Å². The van der Waals surface area contributed by atoms with E-state index in [1.165, 1.54) is 0 Å². The standard InChI is InChI=1S/C14H15F2N3O2/c1-9(2)19-13(5-6-17-19)18-14(20)8-21-12-7-10(15)3-4-11(12)16/h3-7,9H,8H2,1-2H3,(H,18,20). The quantitative estimate of drug-likeness (QED) is 0.922. The molecule has 0 aliphatic carbocycles. The molecule has 1 N–H and O–H groups in total. The molecule has 0 saturated carbocycles. The Morgan fingerprint density at radius 1 is 1.38 bits per heavy atom. The zero-order valence-corrected chi connectivity index (χ0v) is 11.6. The molecule has 0 radical (unpaired) electrons. The van der Waals surface area contributed by atoms with Crippen molar-refractivity contribution in [3.8, 4) is 5.75 Å². The van der Waals surface area contributed by atoms with E-state index in [-0.39, 0.29) is 11.8 Å². The van der Waals surface area contributed by atoms with Crippen molar-refractivity contribution < 1.29 is 18.3 Å². The van der Waals surface area contributed by atoms with Gasteiger partial charge in [-0.25, -0.2) is 13.5 Å². The van der Waals surface area contributed by atoms with E-state index in [9.17, 15) is 13.6 Å². The molecule has 0 aliphatic rings. The molecule has 7 heteroatoms. The van der Waals surface area contributed by atoms with E-state index < -0.39 is 24.1 Å². The maximum Gasteiger partial charge on any atom is 0.263 e. The number of halogens is 2. The minimum Gasteiger partial charge on any atom is -0.481 e. The van der Waals surface area contributed by atoms with Crippen molar-refractivity contribution in [1.29, 1.82) is 0 Å². The second-order valence-electron chi connectivity index (χ2n) is 4.67. The molecular formula is C14H15F2N3O2. The molecule has 2 rings (SSSR count). The first-order chi connectivity index (χ1) is 9.97. The highest BCUT2D eigenvalue weighted by atomic mass is 19.1. The van der Waals surface area contributed by atoms with Gasteiger partial charge in [0.15, 0.2) is 18.2 Å². The first-order valence-electron chi connectivity index (χ1n) is 6.38. The van der Waals surface area contributed by atoms with Gasteiger partial charge < -0.3 is 10.1 Å². The van der Waals surface area contributed by atoms with Crippen LogP contribution in [0.15, 0.2) is 30.5 Å². The number of benzene rings is 1. The summed E-state index contributed by atoms with van der Waals surface area (Å²) in [7, 11) is 0. The molecule has 1 aromatic carbocycles. The van der Waals surface area contributed by atoms with Crippen molar-refractivity contribution >= 4 is 11.7 Å². The molecule has 5 nitrogen and oxygen atoms in total. The highest BCUT2D eigenvalue weighted by Crippen LogP contribution is 2.18. The molecule has 1 heterocycles. The summed E-state index contributed by atoms with van der Waals surface area (Å²) in [5.41, 5.74) is 0. The van der Waals surface area contributed by atoms with Gasteiger partial charge in [0.05, 0.1) is 6.20 Å². The predicted octanol–water partition coefficient (Wildman–Crippen LogP) is 2.76. The average Bonchev–Trinajstić information content (AvgIpc) is 2.88. The van der Waals surface area contributed by atoms with Gasteiger partial charge in [-0.3, -0.25) is 4.79 Å². The molecule has 0 unspecified atom stereocenters. The van der Waals surface area contributed by atoms with Crippen molar-refractivity contribution in [2.24, 2.45) is 0 Å². The largest absolute Gasteiger partial charge is 0.481 e. The van der Waals surface area contributed by atoms with Crippen LogP contribution in [-0.2, 0) is 4.79 Å². The Hall–Kier alpha value is -2.44. The third-order valence-electron chi connectivity index (χ3n) is 2.68. The van der Waals surface area contributed by atoms with Crippen LogP contribution in [0.4, 0.5) is 14.6 Å². The topological polar surface area (TPSA) is 56.2 Å². The zero-order chi connectivity index (χ0) is 15.4. The highest BCUT2D eigenvalue weighted by Gasteiger charge is 2.11. The Labute approximate surface area is 120 Å². The summed E-state index contributed by atoms with van der Waals surface area (Å²) in [6.07, 6.45) is 1.56. The van der Waals surface area contributed by atoms with Crippen LogP contribution in [0.1, 0.15) is 19.9 Å². The second kappa shape index (κ2) is 6.34. The van der Waals surface area contributed by atoms with Gasteiger partial charge in [0, 0.05) is 18.2 Å². The number of ether oxygens (including phenoxy) is 1. The van der Waals surface area contributed by atoms with Gasteiger partial charge in [0.25, 0.3) is 5.91 Å². The summed E-state index contributed by atoms with van der Waals surface area (Å²) in [5, 5.41) is 6.66. The van der Waals surface area contributed by atoms with Gasteiger partial charge in [-0.15, -0.1) is 0 Å². The molecule has 0 atom stereocenters. The SMILES string of the molecule is CC(C)n1nccc1NC(=O)COc1cc(F)ccc1F. The predicted molar refractivity (Wildman–Crippen MR) is 73.1 cm³/mol. The number of rotatable bonds is 5. The molecule has 0 spiro atoms. The van der Waals surface area contributed by atoms with E-state index in [0.717, 1.165) is 18.2 Å². The van der Waals surface area contributed by atoms with Crippen LogP contribution < -0.4 is 10.1 Å². The minimum absolute atomic E-state index is 0.0804. The Morgan fingerprint density at radius 2 is 2.14 bits per heavy atom. The van der Waals surface area contributed by atoms with Crippen molar-refractivity contribution in [3.05, 3.63) is 42.1 Å². The fourth-order valence-corrected chi connectivity index (χ4v) is 1.73. The van der Waals surface area contributed by atoms with Crippen LogP contribution >= 0.6 is 0 Å². The first kappa shape index (κ1) is 15.0. The minimum atomic E-state index is -0.726. The maximum atomic E-state index is 13.3. The number of aromatic nitrogens is 2. The second-order valence-corrected chi connectivity index (χ2v) is 4.67. The van der Waals surface area contributed by atoms with Crippen LogP contribution in [0.2, 0.25) is 0 Å². The number of nitrogens with one attached hydrogen (secondary N) is 1. The van der Waals surface area contributed by atoms with Crippen LogP contribution in [0.3, 0.4) is 0 Å². The van der Waals surface area contributed by atoms with Crippen LogP contribution in [0.5, 0.6) is 5.75 Å². The van der Waals surface area contributed by atoms with E-state index in [4.69, 9.17) is 4.74 Å². The Balaban J connectivity index is 1.96. The number of hydrogen-bond donors (Lipinski definition) is 1. The lowest BCUT2D eigenvalue weighted by atomic mass is 10.3. The number of anilines is 1. The number of amides is 1. The summed E-state index contributed by atoms with van der Waals surface area (Å²) < 4.78 is 32.9. The third-order valence-corrected chi connectivity index (χ3v) is 2.68. The van der Waals surface area contributed by atoms with Crippen LogP contribution in [0, 0.1) is 11.6 Å². The highest BCUT2D eigenvalue weighted by molar-refractivity contribution is 5.91. The summed E-state index contributed by atoms with van der Waals surface area (Å²) in [6, 6.07) is 4.53. The van der Waals surface area contributed by atoms with Gasteiger partial charge in [0.2, 0.25) is 0 Å². The van der Waals surface area contributed by atoms with Crippen molar-refractivity contribution in [1.82, 2.24) is 9.78 Å². The summed E-state index contributed by atoms with van der Waals surface area (Å²) >= 11 is 0.